The molecule has 0 amide bonds. The SMILES string of the molecule is C=CCNC(=NCC(C)(C)c1ccccc1)NCC. The molecule has 19 heavy (non-hydrogen) atoms. The number of hydrogen-bond donors (Lipinski definition) is 2. The summed E-state index contributed by atoms with van der Waals surface area (Å²) in [7, 11) is 0. The molecule has 0 bridgehead atoms. The molecule has 0 heterocycles. The normalized spacial score (nSPS) is 12.1. The van der Waals surface area contributed by atoms with E-state index in [1.165, 1.54) is 5.56 Å². The maximum Gasteiger partial charge on any atom is 0.191 e. The van der Waals surface area contributed by atoms with Gasteiger partial charge >= 0.3 is 0 Å². The summed E-state index contributed by atoms with van der Waals surface area (Å²) < 4.78 is 0. The van der Waals surface area contributed by atoms with Crippen molar-refractivity contribution in [2.45, 2.75) is 26.2 Å². The predicted molar refractivity (Wildman–Crippen MR) is 83.6 cm³/mol. The van der Waals surface area contributed by atoms with Gasteiger partial charge in [-0.05, 0) is 12.5 Å². The van der Waals surface area contributed by atoms with Crippen molar-refractivity contribution < 1.29 is 0 Å². The van der Waals surface area contributed by atoms with Crippen LogP contribution in [0.4, 0.5) is 0 Å². The Hall–Kier alpha value is -1.77. The van der Waals surface area contributed by atoms with E-state index in [-0.39, 0.29) is 5.41 Å². The molecular formula is C16H25N3. The van der Waals surface area contributed by atoms with Crippen LogP contribution in [0, 0.1) is 0 Å². The lowest BCUT2D eigenvalue weighted by Crippen LogP contribution is -2.38. The second kappa shape index (κ2) is 7.62. The highest BCUT2D eigenvalue weighted by Crippen LogP contribution is 2.22. The van der Waals surface area contributed by atoms with Crippen molar-refractivity contribution >= 4 is 5.96 Å². The number of nitrogens with zero attached hydrogens (tertiary/aromatic N) is 1. The Bertz CT molecular complexity index is 407. The van der Waals surface area contributed by atoms with Gasteiger partial charge in [-0.2, -0.15) is 0 Å². The van der Waals surface area contributed by atoms with E-state index in [4.69, 9.17) is 0 Å². The summed E-state index contributed by atoms with van der Waals surface area (Å²) in [5, 5.41) is 6.45. The maximum absolute atomic E-state index is 4.65. The van der Waals surface area contributed by atoms with Crippen LogP contribution in [0.25, 0.3) is 0 Å². The molecule has 0 aliphatic rings. The number of benzene rings is 1. The minimum Gasteiger partial charge on any atom is -0.357 e. The van der Waals surface area contributed by atoms with Crippen molar-refractivity contribution in [3.05, 3.63) is 48.6 Å². The van der Waals surface area contributed by atoms with Gasteiger partial charge in [-0.3, -0.25) is 4.99 Å². The van der Waals surface area contributed by atoms with Crippen LogP contribution in [0.2, 0.25) is 0 Å². The van der Waals surface area contributed by atoms with Gasteiger partial charge in [0.05, 0.1) is 6.54 Å². The molecule has 1 aromatic rings. The van der Waals surface area contributed by atoms with Crippen LogP contribution in [0.15, 0.2) is 48.0 Å². The molecular weight excluding hydrogens is 234 g/mol. The molecule has 3 heteroatoms. The van der Waals surface area contributed by atoms with E-state index in [2.05, 4.69) is 67.2 Å². The molecule has 0 spiro atoms. The van der Waals surface area contributed by atoms with Gasteiger partial charge in [0.15, 0.2) is 5.96 Å². The summed E-state index contributed by atoms with van der Waals surface area (Å²) >= 11 is 0. The highest BCUT2D eigenvalue weighted by Gasteiger charge is 2.19. The Morgan fingerprint density at radius 2 is 1.95 bits per heavy atom. The van der Waals surface area contributed by atoms with Crippen LogP contribution in [0.5, 0.6) is 0 Å². The topological polar surface area (TPSA) is 36.4 Å². The molecule has 0 radical (unpaired) electrons. The van der Waals surface area contributed by atoms with Gasteiger partial charge in [0, 0.05) is 18.5 Å². The van der Waals surface area contributed by atoms with E-state index in [9.17, 15) is 0 Å². The summed E-state index contributed by atoms with van der Waals surface area (Å²) in [6.45, 7) is 12.5. The molecule has 1 rings (SSSR count). The minimum absolute atomic E-state index is 0.0256. The first-order chi connectivity index (χ1) is 9.10. The Balaban J connectivity index is 2.72. The van der Waals surface area contributed by atoms with Gasteiger partial charge < -0.3 is 10.6 Å². The Labute approximate surface area is 116 Å². The third-order valence-corrected chi connectivity index (χ3v) is 2.95. The summed E-state index contributed by atoms with van der Waals surface area (Å²) in [6, 6.07) is 10.5. The Kier molecular flexibility index (Phi) is 6.13. The van der Waals surface area contributed by atoms with Gasteiger partial charge in [-0.1, -0.05) is 50.3 Å². The lowest BCUT2D eigenvalue weighted by Gasteiger charge is -2.23. The molecule has 1 aromatic carbocycles. The third-order valence-electron chi connectivity index (χ3n) is 2.95. The molecule has 0 aliphatic carbocycles. The zero-order valence-corrected chi connectivity index (χ0v) is 12.2. The fourth-order valence-electron chi connectivity index (χ4n) is 1.77. The zero-order valence-electron chi connectivity index (χ0n) is 12.2. The second-order valence-corrected chi connectivity index (χ2v) is 5.11. The maximum atomic E-state index is 4.65. The number of hydrogen-bond acceptors (Lipinski definition) is 1. The average Bonchev–Trinajstić information content (AvgIpc) is 2.43. The fraction of sp³-hybridized carbons (Fsp3) is 0.438. The van der Waals surface area contributed by atoms with Crippen molar-refractivity contribution in [3.8, 4) is 0 Å². The van der Waals surface area contributed by atoms with Crippen molar-refractivity contribution in [2.75, 3.05) is 19.6 Å². The second-order valence-electron chi connectivity index (χ2n) is 5.11. The van der Waals surface area contributed by atoms with E-state index < -0.39 is 0 Å². The summed E-state index contributed by atoms with van der Waals surface area (Å²) in [5.41, 5.74) is 1.33. The fourth-order valence-corrected chi connectivity index (χ4v) is 1.77. The first-order valence-electron chi connectivity index (χ1n) is 6.78. The smallest absolute Gasteiger partial charge is 0.191 e. The standard InChI is InChI=1S/C16H25N3/c1-5-12-18-15(17-6-2)19-13-16(3,4)14-10-8-7-9-11-14/h5,7-11H,1,6,12-13H2,2-4H3,(H2,17,18,19). The number of aliphatic imine (C=N–C) groups is 1. The number of rotatable bonds is 6. The molecule has 0 unspecified atom stereocenters. The van der Waals surface area contributed by atoms with E-state index in [1.54, 1.807) is 0 Å². The van der Waals surface area contributed by atoms with Crippen LogP contribution in [-0.4, -0.2) is 25.6 Å². The van der Waals surface area contributed by atoms with Crippen LogP contribution >= 0.6 is 0 Å². The largest absolute Gasteiger partial charge is 0.357 e. The highest BCUT2D eigenvalue weighted by atomic mass is 15.2. The molecule has 0 saturated carbocycles. The van der Waals surface area contributed by atoms with Crippen LogP contribution < -0.4 is 10.6 Å². The van der Waals surface area contributed by atoms with Crippen molar-refractivity contribution in [1.29, 1.82) is 0 Å². The summed E-state index contributed by atoms with van der Waals surface area (Å²) in [6.07, 6.45) is 1.83. The van der Waals surface area contributed by atoms with Gasteiger partial charge in [0.1, 0.15) is 0 Å². The molecule has 0 aromatic heterocycles. The highest BCUT2D eigenvalue weighted by molar-refractivity contribution is 5.79. The van der Waals surface area contributed by atoms with E-state index >= 15 is 0 Å². The lowest BCUT2D eigenvalue weighted by molar-refractivity contribution is 0.537. The molecule has 2 N–H and O–H groups in total. The predicted octanol–water partition coefficient (Wildman–Crippen LogP) is 2.71. The number of guanidine groups is 1. The first-order valence-corrected chi connectivity index (χ1v) is 6.78. The van der Waals surface area contributed by atoms with Crippen LogP contribution in [-0.2, 0) is 5.41 Å². The van der Waals surface area contributed by atoms with Crippen molar-refractivity contribution in [2.24, 2.45) is 4.99 Å². The quantitative estimate of drug-likeness (QED) is 0.468. The van der Waals surface area contributed by atoms with Gasteiger partial charge in [0.25, 0.3) is 0 Å². The molecule has 0 fully saturated rings. The molecule has 0 atom stereocenters. The van der Waals surface area contributed by atoms with Crippen molar-refractivity contribution in [1.82, 2.24) is 10.6 Å². The zero-order chi connectivity index (χ0) is 14.1. The van der Waals surface area contributed by atoms with Crippen molar-refractivity contribution in [3.63, 3.8) is 0 Å². The van der Waals surface area contributed by atoms with E-state index in [0.717, 1.165) is 25.6 Å². The van der Waals surface area contributed by atoms with Gasteiger partial charge in [-0.25, -0.2) is 0 Å². The summed E-state index contributed by atoms with van der Waals surface area (Å²) in [5.74, 6) is 0.839. The molecule has 0 aliphatic heterocycles. The average molecular weight is 259 g/mol. The van der Waals surface area contributed by atoms with Gasteiger partial charge in [0.2, 0.25) is 0 Å². The summed E-state index contributed by atoms with van der Waals surface area (Å²) in [4.78, 5) is 4.65. The minimum atomic E-state index is 0.0256. The molecule has 104 valence electrons. The van der Waals surface area contributed by atoms with Gasteiger partial charge in [-0.15, -0.1) is 6.58 Å². The Morgan fingerprint density at radius 1 is 1.26 bits per heavy atom. The Morgan fingerprint density at radius 3 is 2.53 bits per heavy atom. The van der Waals surface area contributed by atoms with Crippen LogP contribution in [0.3, 0.4) is 0 Å². The monoisotopic (exact) mass is 259 g/mol. The third kappa shape index (κ3) is 5.16. The molecule has 3 nitrogen and oxygen atoms in total. The lowest BCUT2D eigenvalue weighted by atomic mass is 9.85. The molecule has 0 saturated heterocycles. The van der Waals surface area contributed by atoms with E-state index in [0.29, 0.717) is 0 Å². The van der Waals surface area contributed by atoms with Crippen LogP contribution in [0.1, 0.15) is 26.3 Å². The first kappa shape index (κ1) is 15.3. The number of nitrogens with one attached hydrogen (secondary N) is 2. The van der Waals surface area contributed by atoms with E-state index in [1.807, 2.05) is 12.1 Å².